The normalized spacial score (nSPS) is 12.0. The van der Waals surface area contributed by atoms with Gasteiger partial charge < -0.3 is 4.90 Å². The third-order valence-electron chi connectivity index (χ3n) is 3.24. The van der Waals surface area contributed by atoms with E-state index in [1.54, 1.807) is 30.5 Å². The van der Waals surface area contributed by atoms with Gasteiger partial charge in [-0.05, 0) is 38.4 Å². The number of sulfonamides is 1. The summed E-state index contributed by atoms with van der Waals surface area (Å²) < 4.78 is 27.1. The molecular weight excluding hydrogens is 298 g/mol. The van der Waals surface area contributed by atoms with E-state index >= 15 is 0 Å². The molecule has 22 heavy (non-hydrogen) atoms. The number of benzene rings is 1. The van der Waals surface area contributed by atoms with Crippen molar-refractivity contribution in [2.45, 2.75) is 11.4 Å². The van der Waals surface area contributed by atoms with Gasteiger partial charge in [0.15, 0.2) is 0 Å². The molecule has 1 aromatic heterocycles. The topological polar surface area (TPSA) is 53.5 Å². The van der Waals surface area contributed by atoms with Crippen LogP contribution >= 0.6 is 0 Å². The molecule has 0 aliphatic rings. The molecule has 0 fully saturated rings. The Morgan fingerprint density at radius 1 is 0.955 bits per heavy atom. The fourth-order valence-corrected chi connectivity index (χ4v) is 3.43. The zero-order chi connectivity index (χ0) is 16.0. The fraction of sp³-hybridized carbons (Fsp3) is 0.312. The Balaban J connectivity index is 2.27. The van der Waals surface area contributed by atoms with Crippen LogP contribution in [-0.4, -0.2) is 49.8 Å². The average Bonchev–Trinajstić information content (AvgIpc) is 2.53. The second kappa shape index (κ2) is 7.49. The molecule has 2 aromatic rings. The summed E-state index contributed by atoms with van der Waals surface area (Å²) in [6.45, 7) is 1.34. The first-order valence-electron chi connectivity index (χ1n) is 7.10. The highest BCUT2D eigenvalue weighted by atomic mass is 32.2. The second-order valence-electron chi connectivity index (χ2n) is 5.28. The molecule has 0 radical (unpaired) electrons. The molecule has 0 saturated heterocycles. The third-order valence-corrected chi connectivity index (χ3v) is 5.10. The highest BCUT2D eigenvalue weighted by Gasteiger charge is 2.24. The molecule has 0 atom stereocenters. The van der Waals surface area contributed by atoms with Gasteiger partial charge in [0, 0.05) is 19.3 Å². The van der Waals surface area contributed by atoms with Gasteiger partial charge >= 0.3 is 0 Å². The minimum Gasteiger partial charge on any atom is -0.308 e. The van der Waals surface area contributed by atoms with Gasteiger partial charge in [-0.3, -0.25) is 4.98 Å². The number of hydrogen-bond acceptors (Lipinski definition) is 4. The zero-order valence-corrected chi connectivity index (χ0v) is 13.7. The van der Waals surface area contributed by atoms with E-state index < -0.39 is 10.0 Å². The van der Waals surface area contributed by atoms with E-state index in [9.17, 15) is 8.42 Å². The highest BCUT2D eigenvalue weighted by molar-refractivity contribution is 7.89. The minimum absolute atomic E-state index is 0.270. The fourth-order valence-electron chi connectivity index (χ4n) is 2.01. The summed E-state index contributed by atoms with van der Waals surface area (Å²) in [4.78, 5) is 6.51. The Kier molecular flexibility index (Phi) is 5.65. The van der Waals surface area contributed by atoms with Crippen LogP contribution in [0.3, 0.4) is 0 Å². The predicted octanol–water partition coefficient (Wildman–Crippen LogP) is 1.83. The van der Waals surface area contributed by atoms with Crippen LogP contribution in [0.15, 0.2) is 59.6 Å². The van der Waals surface area contributed by atoms with Crippen LogP contribution in [0.5, 0.6) is 0 Å². The molecule has 118 valence electrons. The SMILES string of the molecule is CN(C)CCN(Cc1ccccn1)S(=O)(=O)c1ccccc1. The van der Waals surface area contributed by atoms with Gasteiger partial charge in [-0.25, -0.2) is 8.42 Å². The Morgan fingerprint density at radius 3 is 2.23 bits per heavy atom. The number of aromatic nitrogens is 1. The van der Waals surface area contributed by atoms with Gasteiger partial charge in [-0.15, -0.1) is 0 Å². The summed E-state index contributed by atoms with van der Waals surface area (Å²) in [5.74, 6) is 0. The van der Waals surface area contributed by atoms with Crippen molar-refractivity contribution in [3.8, 4) is 0 Å². The first-order valence-corrected chi connectivity index (χ1v) is 8.54. The first kappa shape index (κ1) is 16.6. The molecule has 0 aliphatic heterocycles. The number of pyridine rings is 1. The summed E-state index contributed by atoms with van der Waals surface area (Å²) >= 11 is 0. The van der Waals surface area contributed by atoms with Gasteiger partial charge in [0.25, 0.3) is 0 Å². The zero-order valence-electron chi connectivity index (χ0n) is 12.9. The first-order chi connectivity index (χ1) is 10.5. The second-order valence-corrected chi connectivity index (χ2v) is 7.21. The molecule has 2 rings (SSSR count). The monoisotopic (exact) mass is 319 g/mol. The summed E-state index contributed by atoms with van der Waals surface area (Å²) in [6.07, 6.45) is 1.68. The largest absolute Gasteiger partial charge is 0.308 e. The van der Waals surface area contributed by atoms with Crippen molar-refractivity contribution in [2.75, 3.05) is 27.2 Å². The van der Waals surface area contributed by atoms with E-state index in [1.807, 2.05) is 43.3 Å². The van der Waals surface area contributed by atoms with Crippen molar-refractivity contribution in [3.05, 3.63) is 60.4 Å². The lowest BCUT2D eigenvalue weighted by Crippen LogP contribution is -2.36. The van der Waals surface area contributed by atoms with Gasteiger partial charge in [0.2, 0.25) is 10.0 Å². The maximum Gasteiger partial charge on any atom is 0.243 e. The van der Waals surface area contributed by atoms with Gasteiger partial charge in [0.05, 0.1) is 17.1 Å². The van der Waals surface area contributed by atoms with Crippen LogP contribution in [0.2, 0.25) is 0 Å². The minimum atomic E-state index is -3.53. The summed E-state index contributed by atoms with van der Waals surface area (Å²) in [5.41, 5.74) is 0.737. The molecule has 1 heterocycles. The van der Waals surface area contributed by atoms with E-state index in [-0.39, 0.29) is 6.54 Å². The van der Waals surface area contributed by atoms with Gasteiger partial charge in [-0.2, -0.15) is 4.31 Å². The highest BCUT2D eigenvalue weighted by Crippen LogP contribution is 2.17. The van der Waals surface area contributed by atoms with E-state index in [2.05, 4.69) is 4.98 Å². The molecule has 0 unspecified atom stereocenters. The molecule has 0 amide bonds. The lowest BCUT2D eigenvalue weighted by atomic mass is 10.3. The molecule has 0 aliphatic carbocycles. The van der Waals surface area contributed by atoms with Crippen LogP contribution in [0, 0.1) is 0 Å². The molecule has 5 nitrogen and oxygen atoms in total. The molecular formula is C16H21N3O2S. The maximum absolute atomic E-state index is 12.8. The predicted molar refractivity (Wildman–Crippen MR) is 86.8 cm³/mol. The number of rotatable bonds is 7. The van der Waals surface area contributed by atoms with E-state index in [0.717, 1.165) is 5.69 Å². The summed E-state index contributed by atoms with van der Waals surface area (Å²) in [5, 5.41) is 0. The number of likely N-dealkylation sites (N-methyl/N-ethyl adjacent to an activating group) is 1. The Labute approximate surface area is 132 Å². The van der Waals surface area contributed by atoms with Crippen molar-refractivity contribution in [2.24, 2.45) is 0 Å². The van der Waals surface area contributed by atoms with Crippen LogP contribution in [-0.2, 0) is 16.6 Å². The molecule has 0 spiro atoms. The van der Waals surface area contributed by atoms with Crippen molar-refractivity contribution in [3.63, 3.8) is 0 Å². The summed E-state index contributed by atoms with van der Waals surface area (Å²) in [7, 11) is 0.321. The van der Waals surface area contributed by atoms with Gasteiger partial charge in [-0.1, -0.05) is 24.3 Å². The molecule has 0 bridgehead atoms. The smallest absolute Gasteiger partial charge is 0.243 e. The van der Waals surface area contributed by atoms with E-state index in [1.165, 1.54) is 4.31 Å². The lowest BCUT2D eigenvalue weighted by molar-refractivity contribution is 0.327. The molecule has 6 heteroatoms. The van der Waals surface area contributed by atoms with Crippen LogP contribution in [0.1, 0.15) is 5.69 Å². The van der Waals surface area contributed by atoms with Crippen molar-refractivity contribution in [1.29, 1.82) is 0 Å². The number of hydrogen-bond donors (Lipinski definition) is 0. The van der Waals surface area contributed by atoms with Crippen molar-refractivity contribution >= 4 is 10.0 Å². The van der Waals surface area contributed by atoms with Crippen LogP contribution in [0.25, 0.3) is 0 Å². The third kappa shape index (κ3) is 4.37. The molecule has 0 N–H and O–H groups in total. The standard InChI is InChI=1S/C16H21N3O2S/c1-18(2)12-13-19(14-15-8-6-7-11-17-15)22(20,21)16-9-4-3-5-10-16/h3-11H,12-14H2,1-2H3. The maximum atomic E-state index is 12.8. The Hall–Kier alpha value is -1.76. The van der Waals surface area contributed by atoms with Crippen LogP contribution < -0.4 is 0 Å². The van der Waals surface area contributed by atoms with E-state index in [0.29, 0.717) is 18.0 Å². The Bertz CT molecular complexity index is 673. The van der Waals surface area contributed by atoms with Gasteiger partial charge in [0.1, 0.15) is 0 Å². The lowest BCUT2D eigenvalue weighted by Gasteiger charge is -2.23. The number of nitrogens with zero attached hydrogens (tertiary/aromatic N) is 3. The van der Waals surface area contributed by atoms with E-state index in [4.69, 9.17) is 0 Å². The molecule has 1 aromatic carbocycles. The average molecular weight is 319 g/mol. The Morgan fingerprint density at radius 2 is 1.64 bits per heavy atom. The quantitative estimate of drug-likeness (QED) is 0.781. The van der Waals surface area contributed by atoms with Crippen LogP contribution in [0.4, 0.5) is 0 Å². The molecule has 0 saturated carbocycles. The van der Waals surface area contributed by atoms with Crippen molar-refractivity contribution in [1.82, 2.24) is 14.2 Å². The van der Waals surface area contributed by atoms with Crippen molar-refractivity contribution < 1.29 is 8.42 Å². The summed E-state index contributed by atoms with van der Waals surface area (Å²) in [6, 6.07) is 14.0.